The summed E-state index contributed by atoms with van der Waals surface area (Å²) < 4.78 is 4.89. The number of aromatic nitrogens is 2. The number of likely N-dealkylation sites (tertiary alicyclic amines) is 1. The molecular weight excluding hydrogens is 154 g/mol. The van der Waals surface area contributed by atoms with E-state index >= 15 is 0 Å². The average molecular weight is 167 g/mol. The van der Waals surface area contributed by atoms with E-state index in [1.165, 1.54) is 25.9 Å². The van der Waals surface area contributed by atoms with Crippen LogP contribution in [0.4, 0.5) is 0 Å². The van der Waals surface area contributed by atoms with Crippen molar-refractivity contribution in [2.24, 2.45) is 0 Å². The summed E-state index contributed by atoms with van der Waals surface area (Å²) in [6.07, 6.45) is 2.60. The summed E-state index contributed by atoms with van der Waals surface area (Å²) in [4.78, 5) is 6.51. The van der Waals surface area contributed by atoms with Gasteiger partial charge in [-0.2, -0.15) is 4.98 Å². The van der Waals surface area contributed by atoms with E-state index in [9.17, 15) is 0 Å². The largest absolute Gasteiger partial charge is 0.340 e. The van der Waals surface area contributed by atoms with Crippen LogP contribution in [-0.4, -0.2) is 28.1 Å². The molecule has 0 atom stereocenters. The zero-order chi connectivity index (χ0) is 8.39. The minimum atomic E-state index is 0.657. The van der Waals surface area contributed by atoms with Crippen molar-refractivity contribution in [1.82, 2.24) is 15.0 Å². The molecule has 1 aromatic heterocycles. The summed E-state index contributed by atoms with van der Waals surface area (Å²) >= 11 is 0. The van der Waals surface area contributed by atoms with Crippen LogP contribution in [0, 0.1) is 6.92 Å². The van der Waals surface area contributed by atoms with Crippen LogP contribution in [0.15, 0.2) is 4.52 Å². The first kappa shape index (κ1) is 7.73. The fourth-order valence-electron chi connectivity index (χ4n) is 1.55. The predicted molar refractivity (Wildman–Crippen MR) is 43.5 cm³/mol. The van der Waals surface area contributed by atoms with Crippen LogP contribution < -0.4 is 0 Å². The smallest absolute Gasteiger partial charge is 0.223 e. The van der Waals surface area contributed by atoms with Crippen LogP contribution >= 0.6 is 0 Å². The number of aryl methyl sites for hydroxylation is 1. The van der Waals surface area contributed by atoms with Crippen molar-refractivity contribution < 1.29 is 4.52 Å². The van der Waals surface area contributed by atoms with Gasteiger partial charge in [-0.3, -0.25) is 4.90 Å². The molecule has 1 aliphatic rings. The van der Waals surface area contributed by atoms with Gasteiger partial charge in [0.05, 0.1) is 6.54 Å². The molecule has 1 aromatic rings. The lowest BCUT2D eigenvalue weighted by Gasteiger charge is -2.10. The van der Waals surface area contributed by atoms with Gasteiger partial charge in [0, 0.05) is 6.92 Å². The maximum atomic E-state index is 4.89. The van der Waals surface area contributed by atoms with E-state index in [1.807, 2.05) is 6.92 Å². The first-order chi connectivity index (χ1) is 5.84. The molecule has 0 spiro atoms. The molecule has 0 N–H and O–H groups in total. The summed E-state index contributed by atoms with van der Waals surface area (Å²) in [6, 6.07) is 0. The highest BCUT2D eigenvalue weighted by Gasteiger charge is 2.14. The van der Waals surface area contributed by atoms with Crippen molar-refractivity contribution >= 4 is 0 Å². The Morgan fingerprint density at radius 3 is 2.75 bits per heavy atom. The van der Waals surface area contributed by atoms with Gasteiger partial charge in [-0.25, -0.2) is 0 Å². The van der Waals surface area contributed by atoms with Crippen molar-refractivity contribution in [3.05, 3.63) is 11.7 Å². The van der Waals surface area contributed by atoms with Crippen molar-refractivity contribution in [3.63, 3.8) is 0 Å². The molecule has 4 nitrogen and oxygen atoms in total. The van der Waals surface area contributed by atoms with Gasteiger partial charge in [0.25, 0.3) is 0 Å². The summed E-state index contributed by atoms with van der Waals surface area (Å²) in [6.45, 7) is 5.01. The Hall–Kier alpha value is -0.900. The summed E-state index contributed by atoms with van der Waals surface area (Å²) in [5, 5.41) is 3.85. The van der Waals surface area contributed by atoms with E-state index in [0.29, 0.717) is 5.89 Å². The van der Waals surface area contributed by atoms with E-state index in [2.05, 4.69) is 15.0 Å². The van der Waals surface area contributed by atoms with E-state index in [0.717, 1.165) is 12.4 Å². The Bertz CT molecular complexity index is 253. The van der Waals surface area contributed by atoms with Gasteiger partial charge in [0.1, 0.15) is 0 Å². The summed E-state index contributed by atoms with van der Waals surface area (Å²) in [5.74, 6) is 1.47. The molecule has 1 saturated heterocycles. The number of hydrogen-bond donors (Lipinski definition) is 0. The molecule has 1 fully saturated rings. The van der Waals surface area contributed by atoms with E-state index in [1.54, 1.807) is 0 Å². The first-order valence-electron chi connectivity index (χ1n) is 4.36. The molecular formula is C8H13N3O. The minimum absolute atomic E-state index is 0.657. The van der Waals surface area contributed by atoms with Crippen LogP contribution in [0.25, 0.3) is 0 Å². The molecule has 0 amide bonds. The average Bonchev–Trinajstić information content (AvgIpc) is 2.63. The third kappa shape index (κ3) is 1.64. The Kier molecular flexibility index (Phi) is 2.08. The minimum Gasteiger partial charge on any atom is -0.340 e. The molecule has 12 heavy (non-hydrogen) atoms. The Morgan fingerprint density at radius 1 is 1.42 bits per heavy atom. The fraction of sp³-hybridized carbons (Fsp3) is 0.750. The van der Waals surface area contributed by atoms with Gasteiger partial charge >= 0.3 is 0 Å². The molecule has 1 aliphatic heterocycles. The second kappa shape index (κ2) is 3.23. The summed E-state index contributed by atoms with van der Waals surface area (Å²) in [7, 11) is 0. The number of rotatable bonds is 2. The van der Waals surface area contributed by atoms with Gasteiger partial charge in [0.2, 0.25) is 5.89 Å². The highest BCUT2D eigenvalue weighted by molar-refractivity contribution is 4.84. The summed E-state index contributed by atoms with van der Waals surface area (Å²) in [5.41, 5.74) is 0. The standard InChI is InChI=1S/C8H13N3O/c1-7-9-8(10-12-7)6-11-4-2-3-5-11/h2-6H2,1H3. The van der Waals surface area contributed by atoms with Gasteiger partial charge in [-0.05, 0) is 25.9 Å². The monoisotopic (exact) mass is 167 g/mol. The topological polar surface area (TPSA) is 42.2 Å². The lowest BCUT2D eigenvalue weighted by Crippen LogP contribution is -2.19. The maximum Gasteiger partial charge on any atom is 0.223 e. The normalized spacial score (nSPS) is 18.8. The van der Waals surface area contributed by atoms with Crippen LogP contribution in [0.3, 0.4) is 0 Å². The van der Waals surface area contributed by atoms with Gasteiger partial charge in [-0.1, -0.05) is 5.16 Å². The van der Waals surface area contributed by atoms with Crippen molar-refractivity contribution in [2.45, 2.75) is 26.3 Å². The van der Waals surface area contributed by atoms with Crippen LogP contribution in [0.5, 0.6) is 0 Å². The van der Waals surface area contributed by atoms with Crippen molar-refractivity contribution in [3.8, 4) is 0 Å². The maximum absolute atomic E-state index is 4.89. The lowest BCUT2D eigenvalue weighted by molar-refractivity contribution is 0.310. The zero-order valence-corrected chi connectivity index (χ0v) is 7.29. The molecule has 0 saturated carbocycles. The number of nitrogens with zero attached hydrogens (tertiary/aromatic N) is 3. The third-order valence-corrected chi connectivity index (χ3v) is 2.13. The van der Waals surface area contributed by atoms with E-state index in [-0.39, 0.29) is 0 Å². The van der Waals surface area contributed by atoms with E-state index < -0.39 is 0 Å². The molecule has 0 aromatic carbocycles. The Morgan fingerprint density at radius 2 is 2.17 bits per heavy atom. The Balaban J connectivity index is 1.94. The van der Waals surface area contributed by atoms with E-state index in [4.69, 9.17) is 4.52 Å². The molecule has 2 rings (SSSR count). The molecule has 66 valence electrons. The van der Waals surface area contributed by atoms with Gasteiger partial charge in [0.15, 0.2) is 5.82 Å². The highest BCUT2D eigenvalue weighted by atomic mass is 16.5. The van der Waals surface area contributed by atoms with Crippen LogP contribution in [-0.2, 0) is 6.54 Å². The van der Waals surface area contributed by atoms with Crippen LogP contribution in [0.2, 0.25) is 0 Å². The molecule has 0 unspecified atom stereocenters. The highest BCUT2D eigenvalue weighted by Crippen LogP contribution is 2.10. The van der Waals surface area contributed by atoms with Gasteiger partial charge < -0.3 is 4.52 Å². The van der Waals surface area contributed by atoms with Gasteiger partial charge in [-0.15, -0.1) is 0 Å². The molecule has 0 radical (unpaired) electrons. The Labute approximate surface area is 71.6 Å². The quantitative estimate of drug-likeness (QED) is 0.658. The van der Waals surface area contributed by atoms with Crippen molar-refractivity contribution in [2.75, 3.05) is 13.1 Å². The first-order valence-corrected chi connectivity index (χ1v) is 4.36. The van der Waals surface area contributed by atoms with Crippen molar-refractivity contribution in [1.29, 1.82) is 0 Å². The molecule has 0 aliphatic carbocycles. The second-order valence-corrected chi connectivity index (χ2v) is 3.21. The predicted octanol–water partition coefficient (Wildman–Crippen LogP) is 0.974. The zero-order valence-electron chi connectivity index (χ0n) is 7.29. The fourth-order valence-corrected chi connectivity index (χ4v) is 1.55. The SMILES string of the molecule is Cc1nc(CN2CCCC2)no1. The lowest BCUT2D eigenvalue weighted by atomic mass is 10.4. The molecule has 0 bridgehead atoms. The third-order valence-electron chi connectivity index (χ3n) is 2.13. The molecule has 2 heterocycles. The second-order valence-electron chi connectivity index (χ2n) is 3.21. The molecule has 4 heteroatoms. The van der Waals surface area contributed by atoms with Crippen LogP contribution in [0.1, 0.15) is 24.6 Å². The number of hydrogen-bond acceptors (Lipinski definition) is 4.